The summed E-state index contributed by atoms with van der Waals surface area (Å²) >= 11 is 0. The van der Waals surface area contributed by atoms with Crippen molar-refractivity contribution < 1.29 is 85.8 Å². The second kappa shape index (κ2) is 15.8. The summed E-state index contributed by atoms with van der Waals surface area (Å²) in [4.78, 5) is 103. The third-order valence-electron chi connectivity index (χ3n) is 0. The largest absolute Gasteiger partial charge is 0.822 e. The minimum absolute atomic E-state index is 1.75. The van der Waals surface area contributed by atoms with Gasteiger partial charge in [0.05, 0.1) is 0 Å². The summed E-state index contributed by atoms with van der Waals surface area (Å²) in [6.45, 7) is -1.75. The van der Waals surface area contributed by atoms with Crippen LogP contribution < -0.4 is 58.7 Å². The van der Waals surface area contributed by atoms with Gasteiger partial charge in [0.2, 0.25) is 6.93 Å². The maximum Gasteiger partial charge on any atom is 0.229 e. The lowest BCUT2D eigenvalue weighted by molar-refractivity contribution is -0.434. The fourth-order valence-corrected chi connectivity index (χ4v) is 0. The Kier molecular flexibility index (Phi) is 23.8. The highest BCUT2D eigenvalue weighted by molar-refractivity contribution is 7.41. The highest BCUT2D eigenvalue weighted by atomic mass is 31.2. The Balaban J connectivity index is -0.0000000593. The van der Waals surface area contributed by atoms with Gasteiger partial charge in [0, 0.05) is 0 Å². The molecule has 0 aliphatic carbocycles. The molecule has 0 radical (unpaired) electrons. The third kappa shape index (κ3) is 102000. The van der Waals surface area contributed by atoms with E-state index in [9.17, 15) is 8.78 Å². The van der Waals surface area contributed by atoms with Gasteiger partial charge in [-0.1, -0.05) is 0 Å². The lowest BCUT2D eigenvalue weighted by Gasteiger charge is -2.36. The Morgan fingerprint density at radius 3 is 0.435 bits per heavy atom. The van der Waals surface area contributed by atoms with Crippen molar-refractivity contribution >= 4 is 31.3 Å². The molecule has 0 amide bonds. The van der Waals surface area contributed by atoms with Gasteiger partial charge in [-0.25, -0.2) is 8.78 Å². The molecule has 0 heterocycles. The molecule has 0 aliphatic rings. The molecule has 0 aromatic heterocycles. The van der Waals surface area contributed by atoms with Crippen molar-refractivity contribution in [3.05, 3.63) is 0 Å². The SMILES string of the molecule is FCF.O=P([O-])([O-])[O-].O=P([O-])([O-])[O-].O=P([O-])([O-])[O-].O=P([O-])([O-])[O-]. The first kappa shape index (κ1) is 34.6. The summed E-state index contributed by atoms with van der Waals surface area (Å²) in [5, 5.41) is 0. The average Bonchev–Trinajstić information content (AvgIpc) is 1.87. The topological polar surface area (TPSA) is 345 Å². The fraction of sp³-hybridized carbons (Fsp3) is 1.00. The molecule has 0 saturated heterocycles. The van der Waals surface area contributed by atoms with E-state index in [-0.39, 0.29) is 0 Å². The lowest BCUT2D eigenvalue weighted by atomic mass is 11.7. The number of hydrogen-bond acceptors (Lipinski definition) is 16. The van der Waals surface area contributed by atoms with Crippen LogP contribution in [0.2, 0.25) is 0 Å². The number of halogens is 2. The van der Waals surface area contributed by atoms with E-state index in [1.165, 1.54) is 0 Å². The van der Waals surface area contributed by atoms with E-state index in [1.54, 1.807) is 0 Å². The molecule has 0 atom stereocenters. The Morgan fingerprint density at radius 1 is 0.435 bits per heavy atom. The Labute approximate surface area is 125 Å². The van der Waals surface area contributed by atoms with E-state index in [1.807, 2.05) is 0 Å². The van der Waals surface area contributed by atoms with Crippen molar-refractivity contribution in [1.29, 1.82) is 0 Å². The van der Waals surface area contributed by atoms with Crippen molar-refractivity contribution in [3.63, 3.8) is 0 Å². The van der Waals surface area contributed by atoms with E-state index in [0.29, 0.717) is 0 Å². The van der Waals surface area contributed by atoms with Crippen LogP contribution in [0.1, 0.15) is 0 Å². The first-order chi connectivity index (χ1) is 9.41. The summed E-state index contributed by atoms with van der Waals surface area (Å²) < 4.78 is 53.4. The van der Waals surface area contributed by atoms with Gasteiger partial charge in [-0.2, -0.15) is 31.3 Å². The predicted molar refractivity (Wildman–Crippen MR) is 37.5 cm³/mol. The van der Waals surface area contributed by atoms with Crippen LogP contribution >= 0.6 is 31.3 Å². The number of rotatable bonds is 0. The molecule has 0 fully saturated rings. The van der Waals surface area contributed by atoms with Gasteiger partial charge in [-0.05, 0) is 0 Å². The summed E-state index contributed by atoms with van der Waals surface area (Å²) in [6, 6.07) is 0. The molecule has 16 nitrogen and oxygen atoms in total. The van der Waals surface area contributed by atoms with Crippen molar-refractivity contribution in [2.75, 3.05) is 6.93 Å². The molecule has 22 heteroatoms. The molecule has 0 saturated carbocycles. The smallest absolute Gasteiger partial charge is 0.229 e. The first-order valence-corrected chi connectivity index (χ1v) is 9.30. The van der Waals surface area contributed by atoms with E-state index < -0.39 is 38.2 Å². The minimum atomic E-state index is -5.39. The van der Waals surface area contributed by atoms with Crippen molar-refractivity contribution in [2.45, 2.75) is 0 Å². The van der Waals surface area contributed by atoms with E-state index >= 15 is 0 Å². The van der Waals surface area contributed by atoms with Crippen LogP contribution in [-0.2, 0) is 18.3 Å². The molecule has 0 aliphatic heterocycles. The summed E-state index contributed by atoms with van der Waals surface area (Å²) in [7, 11) is -21.6. The summed E-state index contributed by atoms with van der Waals surface area (Å²) in [6.07, 6.45) is 0. The second-order valence-electron chi connectivity index (χ2n) is 1.89. The standard InChI is InChI=1S/CH2F2.4H3O4P/c2-1-3;4*1-5(2,3)4/h1H2;4*(H3,1,2,3,4)/p-12. The van der Waals surface area contributed by atoms with Crippen LogP contribution in [0.25, 0.3) is 0 Å². The van der Waals surface area contributed by atoms with Crippen LogP contribution in [0.5, 0.6) is 0 Å². The average molecular weight is 432 g/mol. The van der Waals surface area contributed by atoms with Gasteiger partial charge in [-0.15, -0.1) is 0 Å². The summed E-state index contributed by atoms with van der Waals surface area (Å²) in [5.41, 5.74) is 0. The van der Waals surface area contributed by atoms with Gasteiger partial charge in [0.25, 0.3) is 0 Å². The van der Waals surface area contributed by atoms with Gasteiger partial charge >= 0.3 is 0 Å². The monoisotopic (exact) mass is 432 g/mol. The molecule has 0 bridgehead atoms. The fourth-order valence-electron chi connectivity index (χ4n) is 0. The Morgan fingerprint density at radius 2 is 0.435 bits per heavy atom. The normalized spacial score (nSPS) is 11.0. The molecule has 0 N–H and O–H groups in total. The minimum Gasteiger partial charge on any atom is -0.822 e. The third-order valence-corrected chi connectivity index (χ3v) is 0. The molecule has 0 aromatic rings. The van der Waals surface area contributed by atoms with Gasteiger partial charge in [0.1, 0.15) is 0 Å². The van der Waals surface area contributed by atoms with Crippen molar-refractivity contribution in [3.8, 4) is 0 Å². The van der Waals surface area contributed by atoms with Crippen LogP contribution in [0.3, 0.4) is 0 Å². The predicted octanol–water partition coefficient (Wildman–Crippen LogP) is -10.4. The highest BCUT2D eigenvalue weighted by Gasteiger charge is 1.46. The molecule has 0 aromatic carbocycles. The quantitative estimate of drug-likeness (QED) is 0.320. The van der Waals surface area contributed by atoms with Crippen molar-refractivity contribution in [1.82, 2.24) is 0 Å². The van der Waals surface area contributed by atoms with Crippen LogP contribution in [0, 0.1) is 0 Å². The summed E-state index contributed by atoms with van der Waals surface area (Å²) in [5.74, 6) is 0. The van der Waals surface area contributed by atoms with Gasteiger partial charge in [0.15, 0.2) is 0 Å². The number of hydrogen-bond donors (Lipinski definition) is 0. The van der Waals surface area contributed by atoms with Crippen LogP contribution in [-0.4, -0.2) is 6.93 Å². The molecular formula is CH2F2O16P4-12. The van der Waals surface area contributed by atoms with E-state index in [0.717, 1.165) is 0 Å². The van der Waals surface area contributed by atoms with Crippen molar-refractivity contribution in [2.24, 2.45) is 0 Å². The van der Waals surface area contributed by atoms with Crippen LogP contribution in [0.15, 0.2) is 0 Å². The van der Waals surface area contributed by atoms with E-state index in [4.69, 9.17) is 77.0 Å². The van der Waals surface area contributed by atoms with Gasteiger partial charge in [-0.3, -0.25) is 0 Å². The number of phosphoric acid groups is 4. The van der Waals surface area contributed by atoms with E-state index in [2.05, 4.69) is 0 Å². The Hall–Kier alpha value is 0.300. The molecule has 0 rings (SSSR count). The zero-order chi connectivity index (χ0) is 20.7. The zero-order valence-corrected chi connectivity index (χ0v) is 13.4. The molecule has 23 heavy (non-hydrogen) atoms. The second-order valence-corrected chi connectivity index (χ2v) is 5.47. The maximum absolute atomic E-state index is 9.62. The first-order valence-electron chi connectivity index (χ1n) is 3.46. The molecule has 0 unspecified atom stereocenters. The zero-order valence-electron chi connectivity index (χ0n) is 9.78. The molecular weight excluding hydrogens is 430 g/mol. The van der Waals surface area contributed by atoms with Gasteiger partial charge < -0.3 is 77.0 Å². The Bertz CT molecular complexity index is 308. The number of alkyl halides is 2. The van der Waals surface area contributed by atoms with Crippen LogP contribution in [0.4, 0.5) is 8.78 Å². The maximum atomic E-state index is 9.62. The molecule has 0 spiro atoms. The highest BCUT2D eigenvalue weighted by Crippen LogP contribution is 2.04. The molecule has 148 valence electrons. The lowest BCUT2D eigenvalue weighted by Crippen LogP contribution is -2.24.